The van der Waals surface area contributed by atoms with E-state index in [1.165, 1.54) is 13.2 Å². The Labute approximate surface area is 84.5 Å². The van der Waals surface area contributed by atoms with Gasteiger partial charge in [-0.1, -0.05) is 0 Å². The second-order valence-corrected chi connectivity index (χ2v) is 2.70. The lowest BCUT2D eigenvalue weighted by Gasteiger charge is -1.99. The van der Waals surface area contributed by atoms with Gasteiger partial charge in [0, 0.05) is 17.1 Å². The van der Waals surface area contributed by atoms with E-state index in [0.29, 0.717) is 0 Å². The van der Waals surface area contributed by atoms with Crippen molar-refractivity contribution in [2.45, 2.75) is 6.42 Å². The molecule has 1 N–H and O–H groups in total. The summed E-state index contributed by atoms with van der Waals surface area (Å²) in [5, 5.41) is 19.0. The van der Waals surface area contributed by atoms with Gasteiger partial charge in [0.25, 0.3) is 0 Å². The number of aliphatic carboxylic acids is 1. The van der Waals surface area contributed by atoms with Gasteiger partial charge >= 0.3 is 17.7 Å². The van der Waals surface area contributed by atoms with Gasteiger partial charge in [-0.15, -0.1) is 0 Å². The zero-order chi connectivity index (χ0) is 11.4. The number of hydrogen-bond acceptors (Lipinski definition) is 5. The second-order valence-electron chi connectivity index (χ2n) is 2.70. The highest BCUT2D eigenvalue weighted by molar-refractivity contribution is 5.70. The quantitative estimate of drug-likeness (QED) is 0.579. The zero-order valence-electron chi connectivity index (χ0n) is 7.84. The molecule has 0 aromatic carbocycles. The number of aromatic nitrogens is 1. The highest BCUT2D eigenvalue weighted by Gasteiger charge is 2.15. The van der Waals surface area contributed by atoms with Crippen molar-refractivity contribution in [2.75, 3.05) is 7.11 Å². The molecule has 1 aromatic heterocycles. The number of pyridine rings is 1. The predicted octanol–water partition coefficient (Wildman–Crippen LogP) is 0.625. The molecule has 7 nitrogen and oxygen atoms in total. The Bertz CT molecular complexity index is 404. The third kappa shape index (κ3) is 2.90. The molecule has 0 radical (unpaired) electrons. The van der Waals surface area contributed by atoms with Crippen LogP contribution in [0.4, 0.5) is 5.82 Å². The van der Waals surface area contributed by atoms with E-state index in [0.717, 1.165) is 6.07 Å². The first-order chi connectivity index (χ1) is 7.02. The Morgan fingerprint density at radius 3 is 2.80 bits per heavy atom. The van der Waals surface area contributed by atoms with Crippen LogP contribution in [0.25, 0.3) is 0 Å². The van der Waals surface area contributed by atoms with Crippen LogP contribution in [-0.4, -0.2) is 28.1 Å². The van der Waals surface area contributed by atoms with E-state index >= 15 is 0 Å². The summed E-state index contributed by atoms with van der Waals surface area (Å²) < 4.78 is 4.72. The fourth-order valence-corrected chi connectivity index (χ4v) is 1.02. The van der Waals surface area contributed by atoms with Crippen LogP contribution in [0.3, 0.4) is 0 Å². The van der Waals surface area contributed by atoms with Crippen LogP contribution >= 0.6 is 0 Å². The molecule has 0 spiro atoms. The topological polar surface area (TPSA) is 103 Å². The van der Waals surface area contributed by atoms with Gasteiger partial charge in [-0.2, -0.15) is 0 Å². The monoisotopic (exact) mass is 212 g/mol. The van der Waals surface area contributed by atoms with Crippen molar-refractivity contribution in [2.24, 2.45) is 0 Å². The second kappa shape index (κ2) is 4.36. The number of nitro groups is 1. The zero-order valence-corrected chi connectivity index (χ0v) is 7.84. The van der Waals surface area contributed by atoms with Gasteiger partial charge in [0.15, 0.2) is 0 Å². The number of hydrogen-bond donors (Lipinski definition) is 1. The third-order valence-electron chi connectivity index (χ3n) is 1.60. The molecule has 0 aliphatic carbocycles. The van der Waals surface area contributed by atoms with Gasteiger partial charge in [0.2, 0.25) is 0 Å². The van der Waals surface area contributed by atoms with Crippen LogP contribution in [0.2, 0.25) is 0 Å². The van der Waals surface area contributed by atoms with E-state index in [9.17, 15) is 14.9 Å². The van der Waals surface area contributed by atoms with E-state index in [-0.39, 0.29) is 17.9 Å². The number of rotatable bonds is 4. The average Bonchev–Trinajstić information content (AvgIpc) is 2.16. The van der Waals surface area contributed by atoms with Crippen molar-refractivity contribution >= 4 is 11.8 Å². The molecule has 0 aliphatic rings. The molecular formula is C8H8N2O5. The van der Waals surface area contributed by atoms with Gasteiger partial charge in [0.1, 0.15) is 0 Å². The van der Waals surface area contributed by atoms with Crippen LogP contribution in [0.15, 0.2) is 12.1 Å². The normalized spacial score (nSPS) is 9.67. The van der Waals surface area contributed by atoms with Crippen molar-refractivity contribution < 1.29 is 19.6 Å². The van der Waals surface area contributed by atoms with Crippen LogP contribution < -0.4 is 4.74 Å². The van der Waals surface area contributed by atoms with Gasteiger partial charge in [-0.25, -0.2) is 0 Å². The standard InChI is InChI=1S/C8H8N2O5/c1-15-7-3-5(4-8(11)12)2-6(9-7)10(13)14/h2-3H,4H2,1H3,(H,11,12). The fraction of sp³-hybridized carbons (Fsp3) is 0.250. The van der Waals surface area contributed by atoms with Gasteiger partial charge in [0.05, 0.1) is 13.5 Å². The highest BCUT2D eigenvalue weighted by Crippen LogP contribution is 2.17. The molecule has 0 bridgehead atoms. The van der Waals surface area contributed by atoms with E-state index in [1.807, 2.05) is 0 Å². The van der Waals surface area contributed by atoms with Crippen LogP contribution in [0.1, 0.15) is 5.56 Å². The summed E-state index contributed by atoms with van der Waals surface area (Å²) in [6, 6.07) is 2.46. The minimum atomic E-state index is -1.07. The molecule has 1 rings (SSSR count). The van der Waals surface area contributed by atoms with Crippen molar-refractivity contribution in [1.82, 2.24) is 4.98 Å². The first-order valence-corrected chi connectivity index (χ1v) is 3.94. The molecular weight excluding hydrogens is 204 g/mol. The minimum Gasteiger partial charge on any atom is -0.481 e. The lowest BCUT2D eigenvalue weighted by molar-refractivity contribution is -0.389. The van der Waals surface area contributed by atoms with E-state index in [4.69, 9.17) is 9.84 Å². The molecule has 80 valence electrons. The van der Waals surface area contributed by atoms with Gasteiger partial charge < -0.3 is 20.0 Å². The smallest absolute Gasteiger partial charge is 0.368 e. The first kappa shape index (κ1) is 10.9. The number of carboxylic acids is 1. The van der Waals surface area contributed by atoms with E-state index < -0.39 is 16.7 Å². The molecule has 0 fully saturated rings. The molecule has 15 heavy (non-hydrogen) atoms. The minimum absolute atomic E-state index is 0.0282. The summed E-state index contributed by atoms with van der Waals surface area (Å²) in [6.45, 7) is 0. The summed E-state index contributed by atoms with van der Waals surface area (Å²) >= 11 is 0. The maximum absolute atomic E-state index is 10.4. The molecule has 7 heteroatoms. The number of ether oxygens (including phenoxy) is 1. The van der Waals surface area contributed by atoms with Crippen molar-refractivity contribution in [3.05, 3.63) is 27.8 Å². The number of nitrogens with zero attached hydrogens (tertiary/aromatic N) is 2. The predicted molar refractivity (Wildman–Crippen MR) is 48.8 cm³/mol. The Kier molecular flexibility index (Phi) is 3.17. The summed E-state index contributed by atoms with van der Waals surface area (Å²) in [5.41, 5.74) is 0.279. The van der Waals surface area contributed by atoms with Crippen molar-refractivity contribution in [3.63, 3.8) is 0 Å². The van der Waals surface area contributed by atoms with Crippen molar-refractivity contribution in [1.29, 1.82) is 0 Å². The van der Waals surface area contributed by atoms with Gasteiger partial charge in [-0.3, -0.25) is 4.79 Å². The molecule has 0 unspecified atom stereocenters. The molecule has 0 atom stereocenters. The fourth-order valence-electron chi connectivity index (χ4n) is 1.02. The van der Waals surface area contributed by atoms with E-state index in [2.05, 4.69) is 4.98 Å². The lowest BCUT2D eigenvalue weighted by Crippen LogP contribution is -2.03. The maximum atomic E-state index is 10.4. The Hall–Kier alpha value is -2.18. The first-order valence-electron chi connectivity index (χ1n) is 3.94. The number of carboxylic acid groups (broad SMARTS) is 1. The summed E-state index contributed by atoms with van der Waals surface area (Å²) in [7, 11) is 1.30. The maximum Gasteiger partial charge on any atom is 0.368 e. The lowest BCUT2D eigenvalue weighted by atomic mass is 10.2. The third-order valence-corrected chi connectivity index (χ3v) is 1.60. The van der Waals surface area contributed by atoms with Gasteiger partial charge in [-0.05, 0) is 10.5 Å². The highest BCUT2D eigenvalue weighted by atomic mass is 16.6. The van der Waals surface area contributed by atoms with Crippen LogP contribution in [0, 0.1) is 10.1 Å². The molecule has 0 saturated carbocycles. The Morgan fingerprint density at radius 1 is 1.67 bits per heavy atom. The van der Waals surface area contributed by atoms with E-state index in [1.54, 1.807) is 0 Å². The van der Waals surface area contributed by atoms with Crippen molar-refractivity contribution in [3.8, 4) is 5.88 Å². The molecule has 0 amide bonds. The Morgan fingerprint density at radius 2 is 2.33 bits per heavy atom. The molecule has 0 aliphatic heterocycles. The molecule has 0 saturated heterocycles. The summed E-state index contributed by atoms with van der Waals surface area (Å²) in [4.78, 5) is 23.7. The number of methoxy groups -OCH3 is 1. The molecule has 1 heterocycles. The number of carbonyl (C=O) groups is 1. The summed E-state index contributed by atoms with van der Waals surface area (Å²) in [5.74, 6) is -1.47. The Balaban J connectivity index is 3.11. The summed E-state index contributed by atoms with van der Waals surface area (Å²) in [6.07, 6.45) is -0.306. The largest absolute Gasteiger partial charge is 0.481 e. The SMILES string of the molecule is COc1cc(CC(=O)O)cc([N+](=O)[O-])n1. The molecule has 1 aromatic rings. The van der Waals surface area contributed by atoms with Crippen LogP contribution in [0.5, 0.6) is 5.88 Å². The van der Waals surface area contributed by atoms with Crippen LogP contribution in [-0.2, 0) is 11.2 Å². The average molecular weight is 212 g/mol.